The first-order valence-corrected chi connectivity index (χ1v) is 7.92. The van der Waals surface area contributed by atoms with Crippen molar-refractivity contribution in [1.29, 1.82) is 0 Å². The molecule has 0 radical (unpaired) electrons. The normalized spacial score (nSPS) is 12.6. The minimum absolute atomic E-state index is 0. The lowest BCUT2D eigenvalue weighted by Crippen LogP contribution is -2.40. The van der Waals surface area contributed by atoms with Crippen LogP contribution in [0.3, 0.4) is 0 Å². The van der Waals surface area contributed by atoms with E-state index in [2.05, 4.69) is 28.4 Å². The van der Waals surface area contributed by atoms with Gasteiger partial charge in [-0.2, -0.15) is 11.8 Å². The van der Waals surface area contributed by atoms with Gasteiger partial charge in [-0.05, 0) is 24.0 Å². The molecule has 1 atom stereocenters. The second-order valence-corrected chi connectivity index (χ2v) is 6.17. The fraction of sp³-hybridized carbons (Fsp3) is 0.500. The fourth-order valence-electron chi connectivity index (χ4n) is 1.64. The minimum Gasteiger partial charge on any atom is -0.355 e. The van der Waals surface area contributed by atoms with Crippen molar-refractivity contribution in [3.05, 3.63) is 34.9 Å². The molecule has 0 aliphatic rings. The van der Waals surface area contributed by atoms with Gasteiger partial charge in [0.25, 0.3) is 0 Å². The molecular weight excluding hydrogens is 405 g/mol. The van der Waals surface area contributed by atoms with Crippen LogP contribution < -0.4 is 5.32 Å². The third-order valence-corrected chi connectivity index (χ3v) is 4.08. The molecule has 0 fully saturated rings. The van der Waals surface area contributed by atoms with E-state index in [9.17, 15) is 0 Å². The molecule has 0 saturated carbocycles. The Morgan fingerprint density at radius 1 is 1.40 bits per heavy atom. The van der Waals surface area contributed by atoms with E-state index >= 15 is 0 Å². The van der Waals surface area contributed by atoms with Gasteiger partial charge in [-0.1, -0.05) is 30.7 Å². The Morgan fingerprint density at radius 2 is 2.00 bits per heavy atom. The van der Waals surface area contributed by atoms with E-state index in [1.165, 1.54) is 5.56 Å². The summed E-state index contributed by atoms with van der Waals surface area (Å²) in [6.07, 6.45) is 2.12. The number of hydrogen-bond acceptors (Lipinski definition) is 2. The Bertz CT molecular complexity index is 411. The largest absolute Gasteiger partial charge is 0.355 e. The van der Waals surface area contributed by atoms with Crippen molar-refractivity contribution in [3.8, 4) is 0 Å². The molecule has 0 spiro atoms. The first kappa shape index (κ1) is 19.9. The van der Waals surface area contributed by atoms with Gasteiger partial charge in [0.05, 0.1) is 0 Å². The number of guanidine groups is 1. The van der Waals surface area contributed by atoms with Crippen LogP contribution in [0.5, 0.6) is 0 Å². The third kappa shape index (κ3) is 7.04. The number of nitrogens with zero attached hydrogens (tertiary/aromatic N) is 2. The van der Waals surface area contributed by atoms with Gasteiger partial charge in [0.1, 0.15) is 0 Å². The van der Waals surface area contributed by atoms with Gasteiger partial charge in [0.2, 0.25) is 0 Å². The molecule has 0 amide bonds. The predicted molar refractivity (Wildman–Crippen MR) is 103 cm³/mol. The molecule has 3 nitrogen and oxygen atoms in total. The predicted octanol–water partition coefficient (Wildman–Crippen LogP) is 3.72. The van der Waals surface area contributed by atoms with Gasteiger partial charge in [-0.15, -0.1) is 24.0 Å². The van der Waals surface area contributed by atoms with Crippen LogP contribution in [-0.2, 0) is 6.54 Å². The second kappa shape index (κ2) is 10.6. The topological polar surface area (TPSA) is 27.6 Å². The van der Waals surface area contributed by atoms with E-state index in [4.69, 9.17) is 11.6 Å². The molecule has 1 unspecified atom stereocenters. The van der Waals surface area contributed by atoms with Crippen LogP contribution in [0.15, 0.2) is 29.3 Å². The van der Waals surface area contributed by atoms with Gasteiger partial charge in [0, 0.05) is 37.5 Å². The van der Waals surface area contributed by atoms with E-state index in [-0.39, 0.29) is 24.0 Å². The molecule has 1 rings (SSSR count). The van der Waals surface area contributed by atoms with Crippen molar-refractivity contribution in [3.63, 3.8) is 0 Å². The first-order chi connectivity index (χ1) is 9.06. The molecule has 0 aromatic heterocycles. The van der Waals surface area contributed by atoms with Crippen LogP contribution in [-0.4, -0.2) is 43.0 Å². The Hall–Kier alpha value is -0.140. The molecule has 1 N–H and O–H groups in total. The Labute approximate surface area is 148 Å². The van der Waals surface area contributed by atoms with Gasteiger partial charge in [-0.25, -0.2) is 0 Å². The molecule has 1 aromatic rings. The molecule has 20 heavy (non-hydrogen) atoms. The second-order valence-electron chi connectivity index (χ2n) is 4.46. The Kier molecular flexibility index (Phi) is 10.5. The summed E-state index contributed by atoms with van der Waals surface area (Å²) in [5.41, 5.74) is 1.22. The lowest BCUT2D eigenvalue weighted by Gasteiger charge is -2.23. The summed E-state index contributed by atoms with van der Waals surface area (Å²) < 4.78 is 0. The van der Waals surface area contributed by atoms with Gasteiger partial charge in [-0.3, -0.25) is 4.99 Å². The van der Waals surface area contributed by atoms with E-state index in [0.717, 1.165) is 24.1 Å². The standard InChI is InChI=1S/C14H22ClN3S.HI/c1-11(19-4)9-17-14(16-2)18(3)10-12-5-7-13(15)8-6-12;/h5-8,11H,9-10H2,1-4H3,(H,16,17);1H. The van der Waals surface area contributed by atoms with Crippen molar-refractivity contribution in [1.82, 2.24) is 10.2 Å². The average molecular weight is 428 g/mol. The van der Waals surface area contributed by atoms with Crippen LogP contribution >= 0.6 is 47.3 Å². The van der Waals surface area contributed by atoms with Gasteiger partial charge >= 0.3 is 0 Å². The highest BCUT2D eigenvalue weighted by Gasteiger charge is 2.08. The number of rotatable bonds is 5. The SMILES string of the molecule is CN=C(NCC(C)SC)N(C)Cc1ccc(Cl)cc1.I. The van der Waals surface area contributed by atoms with E-state index < -0.39 is 0 Å². The highest BCUT2D eigenvalue weighted by molar-refractivity contribution is 14.0. The fourth-order valence-corrected chi connectivity index (χ4v) is 2.02. The Balaban J connectivity index is 0.00000361. The maximum absolute atomic E-state index is 5.89. The zero-order valence-corrected chi connectivity index (χ0v) is 16.3. The van der Waals surface area contributed by atoms with Crippen molar-refractivity contribution in [2.24, 2.45) is 4.99 Å². The molecule has 0 aliphatic carbocycles. The van der Waals surface area contributed by atoms with Crippen LogP contribution in [0, 0.1) is 0 Å². The summed E-state index contributed by atoms with van der Waals surface area (Å²) in [6.45, 7) is 3.92. The zero-order valence-electron chi connectivity index (χ0n) is 12.4. The number of thioether (sulfide) groups is 1. The lowest BCUT2D eigenvalue weighted by atomic mass is 10.2. The highest BCUT2D eigenvalue weighted by atomic mass is 127. The van der Waals surface area contributed by atoms with Crippen molar-refractivity contribution in [2.45, 2.75) is 18.7 Å². The quantitative estimate of drug-likeness (QED) is 0.441. The molecule has 0 bridgehead atoms. The lowest BCUT2D eigenvalue weighted by molar-refractivity contribution is 0.477. The van der Waals surface area contributed by atoms with Crippen LogP contribution in [0.4, 0.5) is 0 Å². The summed E-state index contributed by atoms with van der Waals surface area (Å²) in [5.74, 6) is 0.913. The summed E-state index contributed by atoms with van der Waals surface area (Å²) in [4.78, 5) is 6.41. The number of benzene rings is 1. The number of aliphatic imine (C=N–C) groups is 1. The highest BCUT2D eigenvalue weighted by Crippen LogP contribution is 2.11. The Morgan fingerprint density at radius 3 is 2.50 bits per heavy atom. The molecule has 0 aliphatic heterocycles. The summed E-state index contributed by atoms with van der Waals surface area (Å²) in [6, 6.07) is 7.90. The smallest absolute Gasteiger partial charge is 0.193 e. The van der Waals surface area contributed by atoms with Crippen molar-refractivity contribution < 1.29 is 0 Å². The van der Waals surface area contributed by atoms with Crippen LogP contribution in [0.1, 0.15) is 12.5 Å². The maximum Gasteiger partial charge on any atom is 0.193 e. The monoisotopic (exact) mass is 427 g/mol. The molecule has 0 saturated heterocycles. The number of hydrogen-bond donors (Lipinski definition) is 1. The zero-order chi connectivity index (χ0) is 14.3. The van der Waals surface area contributed by atoms with E-state index in [1.54, 1.807) is 0 Å². The van der Waals surface area contributed by atoms with Crippen molar-refractivity contribution >= 4 is 53.3 Å². The number of halogens is 2. The van der Waals surface area contributed by atoms with E-state index in [1.807, 2.05) is 50.1 Å². The van der Waals surface area contributed by atoms with Crippen molar-refractivity contribution in [2.75, 3.05) is 26.9 Å². The summed E-state index contributed by atoms with van der Waals surface area (Å²) in [5, 5.41) is 4.72. The number of nitrogens with one attached hydrogen (secondary N) is 1. The molecule has 114 valence electrons. The molecule has 6 heteroatoms. The van der Waals surface area contributed by atoms with Crippen LogP contribution in [0.2, 0.25) is 5.02 Å². The third-order valence-electron chi connectivity index (χ3n) is 2.86. The minimum atomic E-state index is 0. The average Bonchev–Trinajstić information content (AvgIpc) is 2.41. The first-order valence-electron chi connectivity index (χ1n) is 6.25. The van der Waals surface area contributed by atoms with E-state index in [0.29, 0.717) is 5.25 Å². The summed E-state index contributed by atoms with van der Waals surface area (Å²) >= 11 is 7.73. The van der Waals surface area contributed by atoms with Gasteiger partial charge < -0.3 is 10.2 Å². The molecular formula is C14H23ClIN3S. The molecule has 0 heterocycles. The maximum atomic E-state index is 5.89. The van der Waals surface area contributed by atoms with Crippen LogP contribution in [0.25, 0.3) is 0 Å². The summed E-state index contributed by atoms with van der Waals surface area (Å²) in [7, 11) is 3.85. The molecule has 1 aromatic carbocycles. The van der Waals surface area contributed by atoms with Gasteiger partial charge in [0.15, 0.2) is 5.96 Å².